The molecule has 2 rings (SSSR count). The molecule has 4 heteroatoms. The van der Waals surface area contributed by atoms with Crippen molar-refractivity contribution in [2.24, 2.45) is 0 Å². The number of hydrogen-bond donors (Lipinski definition) is 1. The van der Waals surface area contributed by atoms with Crippen LogP contribution in [0.4, 0.5) is 16.2 Å². The molecule has 1 N–H and O–H groups in total. The van der Waals surface area contributed by atoms with E-state index in [1.54, 1.807) is 4.90 Å². The van der Waals surface area contributed by atoms with Crippen LogP contribution in [-0.2, 0) is 0 Å². The summed E-state index contributed by atoms with van der Waals surface area (Å²) >= 11 is 0. The lowest BCUT2D eigenvalue weighted by Crippen LogP contribution is -2.34. The molecular weight excluding hydrogens is 238 g/mol. The van der Waals surface area contributed by atoms with Crippen LogP contribution in [0, 0.1) is 0 Å². The minimum Gasteiger partial charge on any atom is -0.372 e. The highest BCUT2D eigenvalue weighted by Gasteiger charge is 2.13. The van der Waals surface area contributed by atoms with E-state index in [4.69, 9.17) is 0 Å². The molecule has 2 amide bonds. The van der Waals surface area contributed by atoms with E-state index in [2.05, 4.69) is 22.3 Å². The van der Waals surface area contributed by atoms with E-state index in [0.717, 1.165) is 31.9 Å². The first-order chi connectivity index (χ1) is 9.24. The number of carbonyl (C=O) groups is 1. The molecule has 0 unspecified atom stereocenters. The van der Waals surface area contributed by atoms with Gasteiger partial charge in [-0.25, -0.2) is 4.79 Å². The Balaban J connectivity index is 1.96. The summed E-state index contributed by atoms with van der Waals surface area (Å²) in [5.41, 5.74) is 2.11. The van der Waals surface area contributed by atoms with E-state index in [1.165, 1.54) is 18.5 Å². The molecule has 0 aromatic heterocycles. The fraction of sp³-hybridized carbons (Fsp3) is 0.533. The van der Waals surface area contributed by atoms with Crippen LogP contribution >= 0.6 is 0 Å². The highest BCUT2D eigenvalue weighted by Crippen LogP contribution is 2.22. The highest BCUT2D eigenvalue weighted by molar-refractivity contribution is 5.89. The number of nitrogens with zero attached hydrogens (tertiary/aromatic N) is 2. The van der Waals surface area contributed by atoms with Gasteiger partial charge in [-0.2, -0.15) is 0 Å². The van der Waals surface area contributed by atoms with Crippen LogP contribution in [0.1, 0.15) is 26.7 Å². The zero-order valence-electron chi connectivity index (χ0n) is 11.9. The van der Waals surface area contributed by atoms with Gasteiger partial charge in [-0.3, -0.25) is 0 Å². The van der Waals surface area contributed by atoms with E-state index >= 15 is 0 Å². The van der Waals surface area contributed by atoms with Crippen molar-refractivity contribution in [3.63, 3.8) is 0 Å². The van der Waals surface area contributed by atoms with E-state index in [0.29, 0.717) is 0 Å². The summed E-state index contributed by atoms with van der Waals surface area (Å²) in [5, 5.41) is 2.93. The first-order valence-electron chi connectivity index (χ1n) is 7.15. The number of nitrogens with one attached hydrogen (secondary N) is 1. The molecule has 0 radical (unpaired) electrons. The van der Waals surface area contributed by atoms with Gasteiger partial charge >= 0.3 is 6.03 Å². The Morgan fingerprint density at radius 2 is 1.74 bits per heavy atom. The summed E-state index contributed by atoms with van der Waals surface area (Å²) in [4.78, 5) is 16.1. The zero-order valence-corrected chi connectivity index (χ0v) is 11.9. The van der Waals surface area contributed by atoms with Crippen molar-refractivity contribution in [2.45, 2.75) is 26.7 Å². The van der Waals surface area contributed by atoms with Crippen molar-refractivity contribution in [3.05, 3.63) is 24.3 Å². The van der Waals surface area contributed by atoms with Gasteiger partial charge in [0.15, 0.2) is 0 Å². The number of anilines is 2. The van der Waals surface area contributed by atoms with Crippen LogP contribution in [0.15, 0.2) is 24.3 Å². The SMILES string of the molecule is CCN(CC)C(=O)Nc1ccc(N2CCCC2)cc1. The second kappa shape index (κ2) is 6.45. The third-order valence-electron chi connectivity index (χ3n) is 3.64. The Kier molecular flexibility index (Phi) is 4.66. The molecule has 1 aromatic rings. The normalized spacial score (nSPS) is 14.5. The summed E-state index contributed by atoms with van der Waals surface area (Å²) in [5.74, 6) is 0. The average Bonchev–Trinajstić information content (AvgIpc) is 2.95. The number of benzene rings is 1. The maximum absolute atomic E-state index is 11.9. The first-order valence-corrected chi connectivity index (χ1v) is 7.15. The van der Waals surface area contributed by atoms with Gasteiger partial charge in [0.05, 0.1) is 0 Å². The standard InChI is InChI=1S/C15H23N3O/c1-3-17(4-2)15(19)16-13-7-9-14(10-8-13)18-11-5-6-12-18/h7-10H,3-6,11-12H2,1-2H3,(H,16,19). The highest BCUT2D eigenvalue weighted by atomic mass is 16.2. The Hall–Kier alpha value is -1.71. The van der Waals surface area contributed by atoms with Gasteiger partial charge in [0.1, 0.15) is 0 Å². The van der Waals surface area contributed by atoms with Gasteiger partial charge in [0.2, 0.25) is 0 Å². The monoisotopic (exact) mass is 261 g/mol. The van der Waals surface area contributed by atoms with E-state index < -0.39 is 0 Å². The summed E-state index contributed by atoms with van der Waals surface area (Å²) in [6, 6.07) is 8.11. The van der Waals surface area contributed by atoms with Crippen LogP contribution in [-0.4, -0.2) is 37.1 Å². The molecule has 0 saturated carbocycles. The number of rotatable bonds is 4. The predicted molar refractivity (Wildman–Crippen MR) is 79.8 cm³/mol. The molecule has 1 heterocycles. The molecule has 1 aliphatic heterocycles. The second-order valence-corrected chi connectivity index (χ2v) is 4.84. The fourth-order valence-corrected chi connectivity index (χ4v) is 2.44. The third-order valence-corrected chi connectivity index (χ3v) is 3.64. The van der Waals surface area contributed by atoms with Crippen molar-refractivity contribution in [1.82, 2.24) is 4.90 Å². The minimum atomic E-state index is -0.0288. The van der Waals surface area contributed by atoms with E-state index in [1.807, 2.05) is 26.0 Å². The molecule has 1 saturated heterocycles. The number of urea groups is 1. The van der Waals surface area contributed by atoms with Crippen LogP contribution < -0.4 is 10.2 Å². The minimum absolute atomic E-state index is 0.0288. The Morgan fingerprint density at radius 1 is 1.16 bits per heavy atom. The van der Waals surface area contributed by atoms with Crippen LogP contribution in [0.2, 0.25) is 0 Å². The van der Waals surface area contributed by atoms with E-state index in [9.17, 15) is 4.79 Å². The lowest BCUT2D eigenvalue weighted by Gasteiger charge is -2.20. The van der Waals surface area contributed by atoms with Gasteiger partial charge in [-0.05, 0) is 51.0 Å². The van der Waals surface area contributed by atoms with Crippen LogP contribution in [0.5, 0.6) is 0 Å². The van der Waals surface area contributed by atoms with Crippen molar-refractivity contribution in [3.8, 4) is 0 Å². The van der Waals surface area contributed by atoms with Crippen molar-refractivity contribution < 1.29 is 4.79 Å². The second-order valence-electron chi connectivity index (χ2n) is 4.84. The smallest absolute Gasteiger partial charge is 0.321 e. The molecule has 19 heavy (non-hydrogen) atoms. The molecule has 0 spiro atoms. The van der Waals surface area contributed by atoms with Crippen molar-refractivity contribution >= 4 is 17.4 Å². The third kappa shape index (κ3) is 3.40. The van der Waals surface area contributed by atoms with Crippen molar-refractivity contribution in [2.75, 3.05) is 36.4 Å². The Bertz CT molecular complexity index is 406. The molecule has 0 bridgehead atoms. The Labute approximate surface area is 115 Å². The summed E-state index contributed by atoms with van der Waals surface area (Å²) in [6.45, 7) is 7.72. The zero-order chi connectivity index (χ0) is 13.7. The van der Waals surface area contributed by atoms with Crippen LogP contribution in [0.3, 0.4) is 0 Å². The van der Waals surface area contributed by atoms with Gasteiger partial charge in [0, 0.05) is 37.6 Å². The van der Waals surface area contributed by atoms with Gasteiger partial charge in [-0.1, -0.05) is 0 Å². The quantitative estimate of drug-likeness (QED) is 0.903. The maximum Gasteiger partial charge on any atom is 0.321 e. The molecule has 1 fully saturated rings. The van der Waals surface area contributed by atoms with Gasteiger partial charge in [0.25, 0.3) is 0 Å². The lowest BCUT2D eigenvalue weighted by atomic mass is 10.2. The first kappa shape index (κ1) is 13.7. The van der Waals surface area contributed by atoms with Gasteiger partial charge < -0.3 is 15.1 Å². The van der Waals surface area contributed by atoms with Crippen molar-refractivity contribution in [1.29, 1.82) is 0 Å². The summed E-state index contributed by atoms with van der Waals surface area (Å²) in [6.07, 6.45) is 2.56. The molecule has 0 atom stereocenters. The topological polar surface area (TPSA) is 35.6 Å². The van der Waals surface area contributed by atoms with E-state index in [-0.39, 0.29) is 6.03 Å². The molecule has 0 aliphatic carbocycles. The number of hydrogen-bond acceptors (Lipinski definition) is 2. The number of carbonyl (C=O) groups excluding carboxylic acids is 1. The maximum atomic E-state index is 11.9. The lowest BCUT2D eigenvalue weighted by molar-refractivity contribution is 0.217. The molecule has 4 nitrogen and oxygen atoms in total. The Morgan fingerprint density at radius 3 is 2.26 bits per heavy atom. The number of amides is 2. The average molecular weight is 261 g/mol. The summed E-state index contributed by atoms with van der Waals surface area (Å²) < 4.78 is 0. The largest absolute Gasteiger partial charge is 0.372 e. The van der Waals surface area contributed by atoms with Crippen LogP contribution in [0.25, 0.3) is 0 Å². The molecule has 1 aliphatic rings. The van der Waals surface area contributed by atoms with Gasteiger partial charge in [-0.15, -0.1) is 0 Å². The molecule has 1 aromatic carbocycles. The predicted octanol–water partition coefficient (Wildman–Crippen LogP) is 3.16. The fourth-order valence-electron chi connectivity index (χ4n) is 2.44. The summed E-state index contributed by atoms with van der Waals surface area (Å²) in [7, 11) is 0. The molecular formula is C15H23N3O. The molecule has 104 valence electrons.